The highest BCUT2D eigenvalue weighted by atomic mass is 127. The lowest BCUT2D eigenvalue weighted by molar-refractivity contribution is 0.0284. The molecule has 1 saturated carbocycles. The van der Waals surface area contributed by atoms with Crippen molar-refractivity contribution >= 4 is 28.4 Å². The molecule has 92 valence electrons. The third-order valence-electron chi connectivity index (χ3n) is 3.17. The highest BCUT2D eigenvalue weighted by Gasteiger charge is 2.15. The quantitative estimate of drug-likeness (QED) is 0.613. The Morgan fingerprint density at radius 3 is 2.47 bits per heavy atom. The van der Waals surface area contributed by atoms with Gasteiger partial charge in [0, 0.05) is 9.13 Å². The number of ether oxygens (including phenoxy) is 1. The first-order valence-electron chi connectivity index (χ1n) is 6.16. The summed E-state index contributed by atoms with van der Waals surface area (Å²) in [4.78, 5) is 11.9. The van der Waals surface area contributed by atoms with Crippen LogP contribution in [-0.2, 0) is 4.74 Å². The molecule has 0 aromatic heterocycles. The van der Waals surface area contributed by atoms with Crippen molar-refractivity contribution in [2.75, 3.05) is 6.61 Å². The van der Waals surface area contributed by atoms with Crippen LogP contribution in [0, 0.1) is 3.57 Å². The number of halogens is 1. The van der Waals surface area contributed by atoms with Crippen LogP contribution in [0.3, 0.4) is 0 Å². The average Bonchev–Trinajstić information content (AvgIpc) is 2.38. The Kier molecular flexibility index (Phi) is 4.98. The van der Waals surface area contributed by atoms with Crippen LogP contribution < -0.4 is 0 Å². The topological polar surface area (TPSA) is 26.3 Å². The molecule has 2 rings (SSSR count). The number of ketones is 1. The van der Waals surface area contributed by atoms with Gasteiger partial charge in [0.1, 0.15) is 6.61 Å². The maximum absolute atomic E-state index is 11.9. The second-order valence-corrected chi connectivity index (χ2v) is 5.75. The van der Waals surface area contributed by atoms with Gasteiger partial charge in [-0.05, 0) is 47.6 Å². The molecular formula is C14H17IO2. The van der Waals surface area contributed by atoms with Crippen LogP contribution in [0.4, 0.5) is 0 Å². The van der Waals surface area contributed by atoms with Gasteiger partial charge in [-0.15, -0.1) is 0 Å². The van der Waals surface area contributed by atoms with E-state index in [9.17, 15) is 4.79 Å². The van der Waals surface area contributed by atoms with E-state index in [0.717, 1.165) is 22.0 Å². The number of carbonyl (C=O) groups excluding carboxylic acids is 1. The first kappa shape index (κ1) is 13.0. The fourth-order valence-electron chi connectivity index (χ4n) is 2.14. The predicted molar refractivity (Wildman–Crippen MR) is 76.3 cm³/mol. The van der Waals surface area contributed by atoms with E-state index in [1.807, 2.05) is 24.3 Å². The number of carbonyl (C=O) groups is 1. The van der Waals surface area contributed by atoms with Gasteiger partial charge in [0.05, 0.1) is 6.10 Å². The molecule has 0 amide bonds. The molecule has 3 heteroatoms. The van der Waals surface area contributed by atoms with Gasteiger partial charge in [-0.1, -0.05) is 31.4 Å². The molecule has 1 fully saturated rings. The molecule has 17 heavy (non-hydrogen) atoms. The Morgan fingerprint density at radius 1 is 1.18 bits per heavy atom. The van der Waals surface area contributed by atoms with Gasteiger partial charge in [-0.25, -0.2) is 0 Å². The lowest BCUT2D eigenvalue weighted by atomic mass is 9.98. The first-order valence-corrected chi connectivity index (χ1v) is 7.24. The number of hydrogen-bond acceptors (Lipinski definition) is 2. The van der Waals surface area contributed by atoms with Crippen molar-refractivity contribution in [3.05, 3.63) is 33.4 Å². The van der Waals surface area contributed by atoms with Crippen LogP contribution in [0.15, 0.2) is 24.3 Å². The molecule has 0 spiro atoms. The van der Waals surface area contributed by atoms with Crippen molar-refractivity contribution in [1.82, 2.24) is 0 Å². The van der Waals surface area contributed by atoms with E-state index in [0.29, 0.717) is 6.10 Å². The molecule has 0 N–H and O–H groups in total. The minimum Gasteiger partial charge on any atom is -0.370 e. The van der Waals surface area contributed by atoms with E-state index in [2.05, 4.69) is 22.6 Å². The van der Waals surface area contributed by atoms with Gasteiger partial charge >= 0.3 is 0 Å². The minimum atomic E-state index is 0.0898. The third kappa shape index (κ3) is 4.07. The van der Waals surface area contributed by atoms with Crippen LogP contribution >= 0.6 is 22.6 Å². The van der Waals surface area contributed by atoms with Crippen LogP contribution in [0.5, 0.6) is 0 Å². The Balaban J connectivity index is 1.82. The predicted octanol–water partition coefficient (Wildman–Crippen LogP) is 3.82. The fourth-order valence-corrected chi connectivity index (χ4v) is 2.50. The zero-order chi connectivity index (χ0) is 12.1. The normalized spacial score (nSPS) is 17.0. The molecule has 0 unspecified atom stereocenters. The highest BCUT2D eigenvalue weighted by Crippen LogP contribution is 2.20. The first-order chi connectivity index (χ1) is 8.25. The standard InChI is InChI=1S/C14H17IO2/c15-12-8-6-11(7-9-12)14(16)10-17-13-4-2-1-3-5-13/h6-9,13H,1-5,10H2. The highest BCUT2D eigenvalue weighted by molar-refractivity contribution is 14.1. The molecule has 2 nitrogen and oxygen atoms in total. The van der Waals surface area contributed by atoms with E-state index in [-0.39, 0.29) is 12.4 Å². The monoisotopic (exact) mass is 344 g/mol. The molecule has 1 aromatic carbocycles. The molecule has 0 saturated heterocycles. The van der Waals surface area contributed by atoms with Gasteiger partial charge < -0.3 is 4.74 Å². The molecular weight excluding hydrogens is 327 g/mol. The van der Waals surface area contributed by atoms with E-state index < -0.39 is 0 Å². The maximum atomic E-state index is 11.9. The van der Waals surface area contributed by atoms with E-state index in [1.54, 1.807) is 0 Å². The van der Waals surface area contributed by atoms with Crippen LogP contribution in [0.2, 0.25) is 0 Å². The van der Waals surface area contributed by atoms with Crippen LogP contribution in [-0.4, -0.2) is 18.5 Å². The zero-order valence-electron chi connectivity index (χ0n) is 9.82. The van der Waals surface area contributed by atoms with Gasteiger partial charge in [-0.3, -0.25) is 4.79 Å². The van der Waals surface area contributed by atoms with Crippen LogP contribution in [0.25, 0.3) is 0 Å². The van der Waals surface area contributed by atoms with E-state index in [1.165, 1.54) is 19.3 Å². The Morgan fingerprint density at radius 2 is 1.82 bits per heavy atom. The average molecular weight is 344 g/mol. The molecule has 0 heterocycles. The molecule has 0 radical (unpaired) electrons. The molecule has 1 aliphatic rings. The number of rotatable bonds is 4. The van der Waals surface area contributed by atoms with Crippen molar-refractivity contribution in [3.63, 3.8) is 0 Å². The number of benzene rings is 1. The summed E-state index contributed by atoms with van der Waals surface area (Å²) in [7, 11) is 0. The van der Waals surface area contributed by atoms with Crippen molar-refractivity contribution in [2.45, 2.75) is 38.2 Å². The van der Waals surface area contributed by atoms with E-state index >= 15 is 0 Å². The van der Waals surface area contributed by atoms with Crippen molar-refractivity contribution in [2.24, 2.45) is 0 Å². The summed E-state index contributed by atoms with van der Waals surface area (Å²) in [5.41, 5.74) is 0.751. The summed E-state index contributed by atoms with van der Waals surface area (Å²) in [6.45, 7) is 0.227. The van der Waals surface area contributed by atoms with Gasteiger partial charge in [0.2, 0.25) is 0 Å². The van der Waals surface area contributed by atoms with Crippen molar-refractivity contribution in [3.8, 4) is 0 Å². The summed E-state index contributed by atoms with van der Waals surface area (Å²) < 4.78 is 6.82. The third-order valence-corrected chi connectivity index (χ3v) is 3.89. The zero-order valence-corrected chi connectivity index (χ0v) is 12.0. The lowest BCUT2D eigenvalue weighted by Crippen LogP contribution is -2.20. The van der Waals surface area contributed by atoms with Crippen molar-refractivity contribution in [1.29, 1.82) is 0 Å². The molecule has 0 aliphatic heterocycles. The molecule has 0 bridgehead atoms. The molecule has 1 aliphatic carbocycles. The summed E-state index contributed by atoms with van der Waals surface area (Å²) in [6, 6.07) is 7.64. The van der Waals surface area contributed by atoms with Gasteiger partial charge in [0.15, 0.2) is 5.78 Å². The van der Waals surface area contributed by atoms with Crippen molar-refractivity contribution < 1.29 is 9.53 Å². The molecule has 0 atom stereocenters. The summed E-state index contributed by atoms with van der Waals surface area (Å²) in [5.74, 6) is 0.0898. The molecule has 1 aromatic rings. The Bertz CT molecular complexity index is 366. The second-order valence-electron chi connectivity index (χ2n) is 4.50. The Labute approximate surface area is 116 Å². The Hall–Kier alpha value is -0.420. The number of hydrogen-bond donors (Lipinski definition) is 0. The summed E-state index contributed by atoms with van der Waals surface area (Å²) in [5, 5.41) is 0. The summed E-state index contributed by atoms with van der Waals surface area (Å²) in [6.07, 6.45) is 6.31. The summed E-state index contributed by atoms with van der Waals surface area (Å²) >= 11 is 2.23. The smallest absolute Gasteiger partial charge is 0.188 e. The lowest BCUT2D eigenvalue weighted by Gasteiger charge is -2.21. The minimum absolute atomic E-state index is 0.0898. The fraction of sp³-hybridized carbons (Fsp3) is 0.500. The van der Waals surface area contributed by atoms with E-state index in [4.69, 9.17) is 4.74 Å². The number of Topliss-reactive ketones (excluding diaryl/α,β-unsaturated/α-hetero) is 1. The maximum Gasteiger partial charge on any atom is 0.188 e. The largest absolute Gasteiger partial charge is 0.370 e. The van der Waals surface area contributed by atoms with Crippen LogP contribution in [0.1, 0.15) is 42.5 Å². The second kappa shape index (κ2) is 6.50. The SMILES string of the molecule is O=C(COC1CCCCC1)c1ccc(I)cc1. The van der Waals surface area contributed by atoms with Gasteiger partial charge in [0.25, 0.3) is 0 Å². The van der Waals surface area contributed by atoms with Gasteiger partial charge in [-0.2, -0.15) is 0 Å².